The summed E-state index contributed by atoms with van der Waals surface area (Å²) in [5, 5.41) is 12.3. The Morgan fingerprint density at radius 3 is 2.73 bits per heavy atom. The minimum atomic E-state index is -0.855. The van der Waals surface area contributed by atoms with Gasteiger partial charge in [-0.15, -0.1) is 0 Å². The predicted octanol–water partition coefficient (Wildman–Crippen LogP) is 1.25. The zero-order chi connectivity index (χ0) is 11.5. The molecular formula is C11H21NO3. The molecule has 1 saturated heterocycles. The van der Waals surface area contributed by atoms with Gasteiger partial charge in [0.25, 0.3) is 0 Å². The minimum absolute atomic E-state index is 0.0522. The van der Waals surface area contributed by atoms with Gasteiger partial charge in [0, 0.05) is 13.2 Å². The second kappa shape index (κ2) is 4.94. The van der Waals surface area contributed by atoms with E-state index in [0.29, 0.717) is 6.54 Å². The lowest BCUT2D eigenvalue weighted by molar-refractivity contribution is -0.146. The first-order valence-corrected chi connectivity index (χ1v) is 5.57. The second-order valence-electron chi connectivity index (χ2n) is 4.68. The first kappa shape index (κ1) is 12.5. The third-order valence-corrected chi connectivity index (χ3v) is 3.32. The topological polar surface area (TPSA) is 58.6 Å². The predicted molar refractivity (Wildman–Crippen MR) is 57.9 cm³/mol. The number of hydrogen-bond acceptors (Lipinski definition) is 3. The molecule has 1 heterocycles. The maximum atomic E-state index is 11.2. The lowest BCUT2D eigenvalue weighted by Gasteiger charge is -2.31. The van der Waals surface area contributed by atoms with E-state index in [9.17, 15) is 9.90 Å². The molecule has 0 aromatic heterocycles. The van der Waals surface area contributed by atoms with Crippen LogP contribution in [0.4, 0.5) is 0 Å². The van der Waals surface area contributed by atoms with Gasteiger partial charge in [-0.2, -0.15) is 0 Å². The highest BCUT2D eigenvalue weighted by molar-refractivity contribution is 5.78. The van der Waals surface area contributed by atoms with Crippen molar-refractivity contribution in [1.29, 1.82) is 0 Å². The van der Waals surface area contributed by atoms with Crippen molar-refractivity contribution in [3.8, 4) is 0 Å². The SMILES string of the molecule is CC(C)C(C)(NCC1CCCO1)C(=O)O. The molecule has 1 fully saturated rings. The Morgan fingerprint density at radius 1 is 1.67 bits per heavy atom. The van der Waals surface area contributed by atoms with Crippen LogP contribution in [0.15, 0.2) is 0 Å². The monoisotopic (exact) mass is 215 g/mol. The molecule has 2 unspecified atom stereocenters. The van der Waals surface area contributed by atoms with Crippen molar-refractivity contribution in [2.75, 3.05) is 13.2 Å². The van der Waals surface area contributed by atoms with E-state index in [1.165, 1.54) is 0 Å². The van der Waals surface area contributed by atoms with E-state index in [-0.39, 0.29) is 12.0 Å². The quantitative estimate of drug-likeness (QED) is 0.724. The third kappa shape index (κ3) is 2.92. The molecule has 2 atom stereocenters. The summed E-state index contributed by atoms with van der Waals surface area (Å²) in [7, 11) is 0. The Balaban J connectivity index is 2.47. The highest BCUT2D eigenvalue weighted by Gasteiger charge is 2.36. The van der Waals surface area contributed by atoms with E-state index in [4.69, 9.17) is 4.74 Å². The van der Waals surface area contributed by atoms with Crippen molar-refractivity contribution in [3.05, 3.63) is 0 Å². The molecule has 0 spiro atoms. The fraction of sp³-hybridized carbons (Fsp3) is 0.909. The number of rotatable bonds is 5. The second-order valence-corrected chi connectivity index (χ2v) is 4.68. The normalized spacial score (nSPS) is 25.5. The van der Waals surface area contributed by atoms with Crippen LogP contribution in [-0.2, 0) is 9.53 Å². The molecular weight excluding hydrogens is 194 g/mol. The van der Waals surface area contributed by atoms with Gasteiger partial charge in [0.2, 0.25) is 0 Å². The summed E-state index contributed by atoms with van der Waals surface area (Å²) in [6.07, 6.45) is 2.29. The lowest BCUT2D eigenvalue weighted by atomic mass is 9.88. The van der Waals surface area contributed by atoms with Gasteiger partial charge >= 0.3 is 5.97 Å². The van der Waals surface area contributed by atoms with Crippen LogP contribution in [0.3, 0.4) is 0 Å². The Bertz CT molecular complexity index is 224. The first-order valence-electron chi connectivity index (χ1n) is 5.57. The van der Waals surface area contributed by atoms with Crippen molar-refractivity contribution < 1.29 is 14.6 Å². The van der Waals surface area contributed by atoms with Crippen molar-refractivity contribution in [3.63, 3.8) is 0 Å². The number of nitrogens with one attached hydrogen (secondary N) is 1. The summed E-state index contributed by atoms with van der Waals surface area (Å²) in [4.78, 5) is 11.2. The van der Waals surface area contributed by atoms with Crippen LogP contribution >= 0.6 is 0 Å². The average molecular weight is 215 g/mol. The fourth-order valence-corrected chi connectivity index (χ4v) is 1.66. The summed E-state index contributed by atoms with van der Waals surface area (Å²) in [6.45, 7) is 6.99. The van der Waals surface area contributed by atoms with E-state index in [0.717, 1.165) is 19.4 Å². The van der Waals surface area contributed by atoms with Crippen LogP contribution in [0.25, 0.3) is 0 Å². The Labute approximate surface area is 91.0 Å². The van der Waals surface area contributed by atoms with Gasteiger partial charge in [-0.05, 0) is 25.7 Å². The highest BCUT2D eigenvalue weighted by Crippen LogP contribution is 2.18. The highest BCUT2D eigenvalue weighted by atomic mass is 16.5. The molecule has 2 N–H and O–H groups in total. The summed E-state index contributed by atoms with van der Waals surface area (Å²) in [5.74, 6) is -0.744. The molecule has 0 amide bonds. The molecule has 88 valence electrons. The maximum Gasteiger partial charge on any atom is 0.323 e. The molecule has 0 aromatic carbocycles. The van der Waals surface area contributed by atoms with Crippen molar-refractivity contribution in [2.24, 2.45) is 5.92 Å². The molecule has 4 nitrogen and oxygen atoms in total. The third-order valence-electron chi connectivity index (χ3n) is 3.32. The standard InChI is InChI=1S/C11H21NO3/c1-8(2)11(3,10(13)14)12-7-9-5-4-6-15-9/h8-9,12H,4-7H2,1-3H3,(H,13,14). The van der Waals surface area contributed by atoms with Crippen molar-refractivity contribution in [2.45, 2.75) is 45.3 Å². The van der Waals surface area contributed by atoms with Crippen LogP contribution in [0.1, 0.15) is 33.6 Å². The molecule has 1 rings (SSSR count). The van der Waals surface area contributed by atoms with E-state index >= 15 is 0 Å². The molecule has 1 aliphatic rings. The Kier molecular flexibility index (Phi) is 4.11. The molecule has 15 heavy (non-hydrogen) atoms. The van der Waals surface area contributed by atoms with Gasteiger partial charge in [-0.1, -0.05) is 13.8 Å². The molecule has 0 saturated carbocycles. The fourth-order valence-electron chi connectivity index (χ4n) is 1.66. The maximum absolute atomic E-state index is 11.2. The van der Waals surface area contributed by atoms with Crippen molar-refractivity contribution >= 4 is 5.97 Å². The number of carboxylic acids is 1. The number of hydrogen-bond donors (Lipinski definition) is 2. The number of ether oxygens (including phenoxy) is 1. The van der Waals surface area contributed by atoms with Crippen LogP contribution < -0.4 is 5.32 Å². The molecule has 0 bridgehead atoms. The number of carboxylic acid groups (broad SMARTS) is 1. The van der Waals surface area contributed by atoms with E-state index in [2.05, 4.69) is 5.32 Å². The van der Waals surface area contributed by atoms with Gasteiger partial charge in [0.05, 0.1) is 6.10 Å². The summed E-state index contributed by atoms with van der Waals surface area (Å²) in [6, 6.07) is 0. The van der Waals surface area contributed by atoms with Gasteiger partial charge < -0.3 is 9.84 Å². The largest absolute Gasteiger partial charge is 0.480 e. The van der Waals surface area contributed by atoms with Crippen LogP contribution in [-0.4, -0.2) is 35.9 Å². The minimum Gasteiger partial charge on any atom is -0.480 e. The van der Waals surface area contributed by atoms with Crippen LogP contribution in [0.5, 0.6) is 0 Å². The molecule has 0 aromatic rings. The van der Waals surface area contributed by atoms with E-state index in [1.807, 2.05) is 13.8 Å². The van der Waals surface area contributed by atoms with Crippen LogP contribution in [0, 0.1) is 5.92 Å². The zero-order valence-corrected chi connectivity index (χ0v) is 9.75. The van der Waals surface area contributed by atoms with Crippen molar-refractivity contribution in [1.82, 2.24) is 5.32 Å². The van der Waals surface area contributed by atoms with Crippen LogP contribution in [0.2, 0.25) is 0 Å². The van der Waals surface area contributed by atoms with Gasteiger partial charge in [-0.3, -0.25) is 10.1 Å². The summed E-state index contributed by atoms with van der Waals surface area (Å²) >= 11 is 0. The molecule has 0 aliphatic carbocycles. The number of carbonyl (C=O) groups is 1. The average Bonchev–Trinajstić information content (AvgIpc) is 2.65. The molecule has 0 radical (unpaired) electrons. The first-order chi connectivity index (χ1) is 6.97. The van der Waals surface area contributed by atoms with Gasteiger partial charge in [0.1, 0.15) is 5.54 Å². The Hall–Kier alpha value is -0.610. The van der Waals surface area contributed by atoms with Gasteiger partial charge in [0.15, 0.2) is 0 Å². The Morgan fingerprint density at radius 2 is 2.33 bits per heavy atom. The summed E-state index contributed by atoms with van der Waals surface area (Å²) in [5.41, 5.74) is -0.855. The smallest absolute Gasteiger partial charge is 0.323 e. The van der Waals surface area contributed by atoms with E-state index < -0.39 is 11.5 Å². The van der Waals surface area contributed by atoms with E-state index in [1.54, 1.807) is 6.92 Å². The lowest BCUT2D eigenvalue weighted by Crippen LogP contribution is -2.55. The van der Waals surface area contributed by atoms with Gasteiger partial charge in [-0.25, -0.2) is 0 Å². The summed E-state index contributed by atoms with van der Waals surface area (Å²) < 4.78 is 5.45. The zero-order valence-electron chi connectivity index (χ0n) is 9.75. The molecule has 4 heteroatoms. The number of aliphatic carboxylic acids is 1. The molecule has 1 aliphatic heterocycles.